The van der Waals surface area contributed by atoms with Crippen molar-refractivity contribution in [3.63, 3.8) is 0 Å². The second kappa shape index (κ2) is 12.5. The van der Waals surface area contributed by atoms with Crippen LogP contribution < -0.4 is 10.1 Å². The van der Waals surface area contributed by atoms with Gasteiger partial charge in [-0.25, -0.2) is 4.39 Å². The molecular formula is C30H35FN4O2S. The molecule has 0 saturated carbocycles. The molecule has 4 rings (SSSR count). The highest BCUT2D eigenvalue weighted by atomic mass is 32.1. The van der Waals surface area contributed by atoms with Crippen LogP contribution in [0.15, 0.2) is 54.9 Å². The van der Waals surface area contributed by atoms with Crippen molar-refractivity contribution in [1.29, 1.82) is 0 Å². The average molecular weight is 535 g/mol. The molecule has 0 aliphatic rings. The van der Waals surface area contributed by atoms with E-state index in [0.29, 0.717) is 11.3 Å². The number of halogens is 1. The summed E-state index contributed by atoms with van der Waals surface area (Å²) in [5, 5.41) is 3.38. The summed E-state index contributed by atoms with van der Waals surface area (Å²) in [6.45, 7) is 11.8. The third kappa shape index (κ3) is 6.55. The third-order valence-corrected chi connectivity index (χ3v) is 7.34. The first-order chi connectivity index (χ1) is 18.3. The smallest absolute Gasteiger partial charge is 0.227 e. The van der Waals surface area contributed by atoms with Crippen LogP contribution in [0.2, 0.25) is 0 Å². The first kappa shape index (κ1) is 27.7. The van der Waals surface area contributed by atoms with Crippen molar-refractivity contribution in [1.82, 2.24) is 20.2 Å². The van der Waals surface area contributed by atoms with Gasteiger partial charge in [0.15, 0.2) is 11.6 Å². The number of carbonyl (C=O) groups excluding carboxylic acids is 1. The molecule has 0 atom stereocenters. The average Bonchev–Trinajstić information content (AvgIpc) is 3.31. The molecule has 1 N–H and O–H groups in total. The molecule has 0 aliphatic heterocycles. The lowest BCUT2D eigenvalue weighted by Gasteiger charge is -2.31. The van der Waals surface area contributed by atoms with Crippen molar-refractivity contribution in [2.24, 2.45) is 0 Å². The van der Waals surface area contributed by atoms with Crippen LogP contribution in [-0.4, -0.2) is 39.4 Å². The number of hydrogen-bond donors (Lipinski definition) is 1. The molecule has 0 spiro atoms. The van der Waals surface area contributed by atoms with Gasteiger partial charge in [0.2, 0.25) is 5.91 Å². The fourth-order valence-corrected chi connectivity index (χ4v) is 5.54. The summed E-state index contributed by atoms with van der Waals surface area (Å²) < 4.78 is 21.9. The van der Waals surface area contributed by atoms with Crippen molar-refractivity contribution < 1.29 is 13.9 Å². The van der Waals surface area contributed by atoms with Crippen LogP contribution >= 0.6 is 11.3 Å². The summed E-state index contributed by atoms with van der Waals surface area (Å²) in [6.07, 6.45) is 4.77. The maximum atomic E-state index is 15.0. The van der Waals surface area contributed by atoms with Crippen molar-refractivity contribution in [2.45, 2.75) is 66.1 Å². The largest absolute Gasteiger partial charge is 0.453 e. The molecule has 200 valence electrons. The van der Waals surface area contributed by atoms with E-state index in [0.717, 1.165) is 45.9 Å². The molecule has 0 saturated heterocycles. The lowest BCUT2D eigenvalue weighted by Crippen LogP contribution is -2.42. The van der Waals surface area contributed by atoms with E-state index < -0.39 is 5.82 Å². The quantitative estimate of drug-likeness (QED) is 0.210. The summed E-state index contributed by atoms with van der Waals surface area (Å²) in [4.78, 5) is 24.7. The number of rotatable bonds is 11. The van der Waals surface area contributed by atoms with E-state index >= 15 is 4.39 Å². The Morgan fingerprint density at radius 2 is 1.79 bits per heavy atom. The Morgan fingerprint density at radius 1 is 1.03 bits per heavy atom. The van der Waals surface area contributed by atoms with E-state index in [2.05, 4.69) is 28.3 Å². The molecule has 8 heteroatoms. The third-order valence-electron chi connectivity index (χ3n) is 6.18. The molecule has 0 radical (unpaired) electrons. The van der Waals surface area contributed by atoms with Gasteiger partial charge in [0, 0.05) is 37.1 Å². The summed E-state index contributed by atoms with van der Waals surface area (Å²) in [5.41, 5.74) is 3.37. The number of aromatic nitrogens is 2. The number of hydrogen-bond acceptors (Lipinski definition) is 6. The number of amides is 1. The van der Waals surface area contributed by atoms with Gasteiger partial charge in [0.05, 0.1) is 27.2 Å². The van der Waals surface area contributed by atoms with Gasteiger partial charge in [-0.1, -0.05) is 19.1 Å². The summed E-state index contributed by atoms with van der Waals surface area (Å²) in [7, 11) is 0. The Kier molecular flexibility index (Phi) is 9.07. The predicted octanol–water partition coefficient (Wildman–Crippen LogP) is 6.98. The fourth-order valence-electron chi connectivity index (χ4n) is 4.50. The minimum Gasteiger partial charge on any atom is -0.453 e. The minimum atomic E-state index is -0.508. The fraction of sp³-hybridized carbons (Fsp3) is 0.367. The summed E-state index contributed by atoms with van der Waals surface area (Å²) >= 11 is 1.51. The van der Waals surface area contributed by atoms with Crippen LogP contribution in [0.1, 0.15) is 52.2 Å². The zero-order valence-electron chi connectivity index (χ0n) is 22.6. The predicted molar refractivity (Wildman–Crippen MR) is 152 cm³/mol. The highest BCUT2D eigenvalue weighted by molar-refractivity contribution is 7.22. The molecule has 0 fully saturated rings. The standard InChI is InChI=1S/C30H35FN4O2S/c1-6-12-32-17-22-7-9-24(34-18-22)28-16-25-30(38-28)27(11-13-33-25)37-26-10-8-21(14-23(26)31)15-29(36)35(19(2)3)20(4)5/h7-11,13-14,16,18-20,32H,6,12,15,17H2,1-5H3. The van der Waals surface area contributed by atoms with Gasteiger partial charge in [-0.2, -0.15) is 0 Å². The number of nitrogens with zero attached hydrogens (tertiary/aromatic N) is 3. The van der Waals surface area contributed by atoms with E-state index in [4.69, 9.17) is 4.74 Å². The molecule has 0 bridgehead atoms. The minimum absolute atomic E-state index is 0.0242. The van der Waals surface area contributed by atoms with Crippen LogP contribution in [0.3, 0.4) is 0 Å². The lowest BCUT2D eigenvalue weighted by atomic mass is 10.1. The van der Waals surface area contributed by atoms with Gasteiger partial charge >= 0.3 is 0 Å². The van der Waals surface area contributed by atoms with Gasteiger partial charge in [0.25, 0.3) is 0 Å². The van der Waals surface area contributed by atoms with E-state index in [9.17, 15) is 4.79 Å². The number of thiophene rings is 1. The number of carbonyl (C=O) groups is 1. The summed E-state index contributed by atoms with van der Waals surface area (Å²) in [5.74, 6) is 0.103. The van der Waals surface area contributed by atoms with Gasteiger partial charge in [0.1, 0.15) is 5.75 Å². The van der Waals surface area contributed by atoms with Gasteiger partial charge < -0.3 is 15.0 Å². The molecule has 3 heterocycles. The Hall–Kier alpha value is -3.36. The molecule has 4 aromatic rings. The van der Waals surface area contributed by atoms with Gasteiger partial charge in [-0.15, -0.1) is 11.3 Å². The second-order valence-electron chi connectivity index (χ2n) is 9.89. The number of fused-ring (bicyclic) bond motifs is 1. The molecule has 0 unspecified atom stereocenters. The molecule has 38 heavy (non-hydrogen) atoms. The van der Waals surface area contributed by atoms with Crippen molar-refractivity contribution in [3.8, 4) is 22.1 Å². The first-order valence-electron chi connectivity index (χ1n) is 13.1. The highest BCUT2D eigenvalue weighted by Crippen LogP contribution is 2.39. The number of benzene rings is 1. The maximum Gasteiger partial charge on any atom is 0.227 e. The van der Waals surface area contributed by atoms with E-state index in [1.807, 2.05) is 50.9 Å². The molecule has 1 aromatic carbocycles. The van der Waals surface area contributed by atoms with Gasteiger partial charge in [-0.3, -0.25) is 14.8 Å². The van der Waals surface area contributed by atoms with Crippen molar-refractivity contribution >= 4 is 27.5 Å². The number of ether oxygens (including phenoxy) is 1. The number of nitrogens with one attached hydrogen (secondary N) is 1. The van der Waals surface area contributed by atoms with Crippen molar-refractivity contribution in [3.05, 3.63) is 71.8 Å². The van der Waals surface area contributed by atoms with Gasteiger partial charge in [-0.05, 0) is 76.1 Å². The SMILES string of the molecule is CCCNCc1ccc(-c2cc3nccc(Oc4ccc(CC(=O)N(C(C)C)C(C)C)cc4F)c3s2)nc1. The van der Waals surface area contributed by atoms with E-state index in [1.165, 1.54) is 17.4 Å². The molecule has 3 aromatic heterocycles. The van der Waals surface area contributed by atoms with Crippen LogP contribution in [0.5, 0.6) is 11.5 Å². The van der Waals surface area contributed by atoms with E-state index in [1.54, 1.807) is 24.4 Å². The Morgan fingerprint density at radius 3 is 2.45 bits per heavy atom. The molecule has 6 nitrogen and oxygen atoms in total. The van der Waals surface area contributed by atoms with Crippen LogP contribution in [0.25, 0.3) is 20.8 Å². The zero-order chi connectivity index (χ0) is 27.2. The zero-order valence-corrected chi connectivity index (χ0v) is 23.4. The van der Waals surface area contributed by atoms with E-state index in [-0.39, 0.29) is 30.2 Å². The Labute approximate surface area is 227 Å². The summed E-state index contributed by atoms with van der Waals surface area (Å²) in [6, 6.07) is 12.7. The molecule has 1 amide bonds. The Bertz CT molecular complexity index is 1380. The highest BCUT2D eigenvalue weighted by Gasteiger charge is 2.21. The second-order valence-corrected chi connectivity index (χ2v) is 10.9. The maximum absolute atomic E-state index is 15.0. The normalized spacial score (nSPS) is 11.5. The number of pyridine rings is 2. The molecular weight excluding hydrogens is 499 g/mol. The topological polar surface area (TPSA) is 67.4 Å². The van der Waals surface area contributed by atoms with Crippen LogP contribution in [0, 0.1) is 5.82 Å². The van der Waals surface area contributed by atoms with Crippen LogP contribution in [-0.2, 0) is 17.8 Å². The Balaban J connectivity index is 1.51. The molecule has 0 aliphatic carbocycles. The first-order valence-corrected chi connectivity index (χ1v) is 13.9. The van der Waals surface area contributed by atoms with Crippen molar-refractivity contribution in [2.75, 3.05) is 6.54 Å². The monoisotopic (exact) mass is 534 g/mol. The lowest BCUT2D eigenvalue weighted by molar-refractivity contribution is -0.134. The van der Waals surface area contributed by atoms with Crippen LogP contribution in [0.4, 0.5) is 4.39 Å².